The Morgan fingerprint density at radius 1 is 1.40 bits per heavy atom. The molecule has 1 aromatic rings. The van der Waals surface area contributed by atoms with Crippen LogP contribution < -0.4 is 10.9 Å². The van der Waals surface area contributed by atoms with E-state index in [0.29, 0.717) is 18.2 Å². The van der Waals surface area contributed by atoms with Crippen LogP contribution in [0.1, 0.15) is 5.69 Å². The van der Waals surface area contributed by atoms with Gasteiger partial charge in [-0.25, -0.2) is 0 Å². The lowest BCUT2D eigenvalue weighted by atomic mass is 10.5. The lowest BCUT2D eigenvalue weighted by molar-refractivity contribution is -0.0914. The molecule has 0 amide bonds. The summed E-state index contributed by atoms with van der Waals surface area (Å²) < 4.78 is 9.90. The molecule has 1 aromatic heterocycles. The van der Waals surface area contributed by atoms with Crippen LogP contribution in [-0.4, -0.2) is 42.2 Å². The SMILES string of the molecule is COC(CNc1nnc(C)c(=O)[nH]1)OC. The summed E-state index contributed by atoms with van der Waals surface area (Å²) in [6.07, 6.45) is -0.392. The predicted molar refractivity (Wildman–Crippen MR) is 53.7 cm³/mol. The van der Waals surface area contributed by atoms with Gasteiger partial charge in [-0.3, -0.25) is 9.78 Å². The smallest absolute Gasteiger partial charge is 0.273 e. The van der Waals surface area contributed by atoms with Crippen molar-refractivity contribution >= 4 is 5.95 Å². The Balaban J connectivity index is 2.58. The number of anilines is 1. The maximum atomic E-state index is 11.2. The van der Waals surface area contributed by atoms with Crippen LogP contribution in [0.4, 0.5) is 5.95 Å². The zero-order valence-corrected chi connectivity index (χ0v) is 8.90. The minimum absolute atomic E-state index is 0.265. The normalized spacial score (nSPS) is 10.7. The summed E-state index contributed by atoms with van der Waals surface area (Å²) in [7, 11) is 3.05. The molecule has 7 heteroatoms. The van der Waals surface area contributed by atoms with Gasteiger partial charge < -0.3 is 14.8 Å². The molecule has 0 aliphatic rings. The number of hydrogen-bond acceptors (Lipinski definition) is 6. The number of aromatic nitrogens is 3. The Kier molecular flexibility index (Phi) is 4.19. The average molecular weight is 214 g/mol. The highest BCUT2D eigenvalue weighted by Crippen LogP contribution is 1.95. The minimum Gasteiger partial charge on any atom is -0.354 e. The quantitative estimate of drug-likeness (QED) is 0.642. The van der Waals surface area contributed by atoms with E-state index in [1.54, 1.807) is 6.92 Å². The summed E-state index contributed by atoms with van der Waals surface area (Å²) in [4.78, 5) is 13.7. The van der Waals surface area contributed by atoms with E-state index in [1.807, 2.05) is 0 Å². The Labute approximate surface area is 86.8 Å². The Bertz CT molecular complexity index is 361. The Morgan fingerprint density at radius 2 is 2.07 bits per heavy atom. The number of ether oxygens (including phenoxy) is 2. The van der Waals surface area contributed by atoms with E-state index < -0.39 is 6.29 Å². The Hall–Kier alpha value is -1.47. The van der Waals surface area contributed by atoms with Gasteiger partial charge in [0.2, 0.25) is 5.95 Å². The largest absolute Gasteiger partial charge is 0.354 e. The number of H-pyrrole nitrogens is 1. The van der Waals surface area contributed by atoms with Crippen LogP contribution >= 0.6 is 0 Å². The first kappa shape index (κ1) is 11.6. The van der Waals surface area contributed by atoms with Crippen LogP contribution in [0.15, 0.2) is 4.79 Å². The lowest BCUT2D eigenvalue weighted by Crippen LogP contribution is -2.26. The summed E-state index contributed by atoms with van der Waals surface area (Å²) in [5.41, 5.74) is 0.0643. The van der Waals surface area contributed by atoms with Crippen LogP contribution in [0.25, 0.3) is 0 Å². The molecular formula is C8H14N4O3. The van der Waals surface area contributed by atoms with Crippen molar-refractivity contribution in [1.29, 1.82) is 0 Å². The molecule has 0 saturated carbocycles. The molecule has 0 saturated heterocycles. The van der Waals surface area contributed by atoms with Crippen LogP contribution in [0.2, 0.25) is 0 Å². The molecular weight excluding hydrogens is 200 g/mol. The van der Waals surface area contributed by atoms with E-state index >= 15 is 0 Å². The standard InChI is InChI=1S/C8H14N4O3/c1-5-7(13)10-8(12-11-5)9-4-6(14-2)15-3/h6H,4H2,1-3H3,(H2,9,10,12,13). The fourth-order valence-corrected chi connectivity index (χ4v) is 0.916. The van der Waals surface area contributed by atoms with Gasteiger partial charge in [0.15, 0.2) is 6.29 Å². The maximum absolute atomic E-state index is 11.2. The zero-order chi connectivity index (χ0) is 11.3. The van der Waals surface area contributed by atoms with E-state index in [2.05, 4.69) is 20.5 Å². The summed E-state index contributed by atoms with van der Waals surface area (Å²) in [5.74, 6) is 0.296. The first-order valence-electron chi connectivity index (χ1n) is 4.40. The second-order valence-corrected chi connectivity index (χ2v) is 2.87. The molecule has 2 N–H and O–H groups in total. The second-order valence-electron chi connectivity index (χ2n) is 2.87. The van der Waals surface area contributed by atoms with Crippen LogP contribution in [0, 0.1) is 6.92 Å². The summed E-state index contributed by atoms with van der Waals surface area (Å²) in [5, 5.41) is 10.3. The molecule has 1 rings (SSSR count). The molecule has 0 aliphatic heterocycles. The third-order valence-electron chi connectivity index (χ3n) is 1.82. The molecule has 0 aliphatic carbocycles. The number of aryl methyl sites for hydroxylation is 1. The highest BCUT2D eigenvalue weighted by molar-refractivity contribution is 5.21. The van der Waals surface area contributed by atoms with Gasteiger partial charge in [0, 0.05) is 14.2 Å². The van der Waals surface area contributed by atoms with Gasteiger partial charge in [0.25, 0.3) is 5.56 Å². The molecule has 0 aromatic carbocycles. The molecule has 0 bridgehead atoms. The van der Waals surface area contributed by atoms with E-state index in [0.717, 1.165) is 0 Å². The van der Waals surface area contributed by atoms with Crippen LogP contribution in [-0.2, 0) is 9.47 Å². The summed E-state index contributed by atoms with van der Waals surface area (Å²) in [6.45, 7) is 1.96. The molecule has 84 valence electrons. The molecule has 0 spiro atoms. The van der Waals surface area contributed by atoms with Crippen LogP contribution in [0.5, 0.6) is 0 Å². The first-order chi connectivity index (χ1) is 7.17. The molecule has 15 heavy (non-hydrogen) atoms. The van der Waals surface area contributed by atoms with E-state index in [4.69, 9.17) is 9.47 Å². The summed E-state index contributed by atoms with van der Waals surface area (Å²) >= 11 is 0. The van der Waals surface area contributed by atoms with Crippen molar-refractivity contribution in [3.63, 3.8) is 0 Å². The van der Waals surface area contributed by atoms with Gasteiger partial charge in [-0.2, -0.15) is 0 Å². The fraction of sp³-hybridized carbons (Fsp3) is 0.625. The van der Waals surface area contributed by atoms with Gasteiger partial charge >= 0.3 is 0 Å². The predicted octanol–water partition coefficient (Wildman–Crippen LogP) is -0.496. The maximum Gasteiger partial charge on any atom is 0.273 e. The van der Waals surface area contributed by atoms with Gasteiger partial charge in [-0.1, -0.05) is 0 Å². The van der Waals surface area contributed by atoms with E-state index in [1.165, 1.54) is 14.2 Å². The fourth-order valence-electron chi connectivity index (χ4n) is 0.916. The molecule has 0 atom stereocenters. The van der Waals surface area contributed by atoms with Gasteiger partial charge in [0.1, 0.15) is 5.69 Å². The monoisotopic (exact) mass is 214 g/mol. The van der Waals surface area contributed by atoms with Crippen molar-refractivity contribution in [3.8, 4) is 0 Å². The van der Waals surface area contributed by atoms with E-state index in [9.17, 15) is 4.79 Å². The molecule has 0 unspecified atom stereocenters. The molecule has 7 nitrogen and oxygen atoms in total. The number of aromatic amines is 1. The highest BCUT2D eigenvalue weighted by atomic mass is 16.7. The Morgan fingerprint density at radius 3 is 2.60 bits per heavy atom. The number of nitrogens with one attached hydrogen (secondary N) is 2. The summed E-state index contributed by atoms with van der Waals surface area (Å²) in [6, 6.07) is 0. The number of methoxy groups -OCH3 is 2. The minimum atomic E-state index is -0.392. The number of hydrogen-bond donors (Lipinski definition) is 2. The van der Waals surface area contributed by atoms with Gasteiger partial charge in [-0.15, -0.1) is 10.2 Å². The average Bonchev–Trinajstić information content (AvgIpc) is 2.24. The molecule has 0 radical (unpaired) electrons. The van der Waals surface area contributed by atoms with Crippen LogP contribution in [0.3, 0.4) is 0 Å². The van der Waals surface area contributed by atoms with Crippen molar-refractivity contribution in [1.82, 2.24) is 15.2 Å². The number of nitrogens with zero attached hydrogens (tertiary/aromatic N) is 2. The topological polar surface area (TPSA) is 89.1 Å². The lowest BCUT2D eigenvalue weighted by Gasteiger charge is -2.13. The highest BCUT2D eigenvalue weighted by Gasteiger charge is 2.05. The zero-order valence-electron chi connectivity index (χ0n) is 8.90. The van der Waals surface area contributed by atoms with Crippen molar-refractivity contribution in [2.45, 2.75) is 13.2 Å². The van der Waals surface area contributed by atoms with Crippen molar-refractivity contribution < 1.29 is 9.47 Å². The van der Waals surface area contributed by atoms with Crippen molar-refractivity contribution in [2.75, 3.05) is 26.1 Å². The first-order valence-corrected chi connectivity index (χ1v) is 4.40. The third-order valence-corrected chi connectivity index (χ3v) is 1.82. The van der Waals surface area contributed by atoms with Gasteiger partial charge in [-0.05, 0) is 6.92 Å². The number of rotatable bonds is 5. The van der Waals surface area contributed by atoms with E-state index in [-0.39, 0.29) is 5.56 Å². The third kappa shape index (κ3) is 3.30. The van der Waals surface area contributed by atoms with Crippen molar-refractivity contribution in [2.24, 2.45) is 0 Å². The molecule has 0 fully saturated rings. The van der Waals surface area contributed by atoms with Gasteiger partial charge in [0.05, 0.1) is 6.54 Å². The molecule has 1 heterocycles. The van der Waals surface area contributed by atoms with Crippen molar-refractivity contribution in [3.05, 3.63) is 16.0 Å². The second kappa shape index (κ2) is 5.42.